The van der Waals surface area contributed by atoms with Crippen LogP contribution in [0.1, 0.15) is 17.2 Å². The highest BCUT2D eigenvalue weighted by Crippen LogP contribution is 2.40. The molecule has 4 heteroatoms. The highest BCUT2D eigenvalue weighted by atomic mass is 35.5. The van der Waals surface area contributed by atoms with E-state index in [0.717, 1.165) is 5.56 Å². The third kappa shape index (κ3) is 4.11. The van der Waals surface area contributed by atoms with Crippen LogP contribution in [0.3, 0.4) is 0 Å². The molecule has 3 rings (SSSR count). The number of ether oxygens (including phenoxy) is 2. The van der Waals surface area contributed by atoms with Crippen molar-refractivity contribution in [3.63, 3.8) is 0 Å². The number of benzene rings is 2. The van der Waals surface area contributed by atoms with Crippen molar-refractivity contribution >= 4 is 29.3 Å². The van der Waals surface area contributed by atoms with Gasteiger partial charge in [0.25, 0.3) is 0 Å². The third-order valence-electron chi connectivity index (χ3n) is 3.46. The van der Waals surface area contributed by atoms with E-state index in [9.17, 15) is 0 Å². The number of halogens is 2. The Bertz CT molecular complexity index is 655. The van der Waals surface area contributed by atoms with Crippen LogP contribution in [-0.2, 0) is 9.47 Å². The van der Waals surface area contributed by atoms with Gasteiger partial charge in [0.2, 0.25) is 0 Å². The van der Waals surface area contributed by atoms with Gasteiger partial charge in [0.1, 0.15) is 12.2 Å². The van der Waals surface area contributed by atoms with Gasteiger partial charge >= 0.3 is 0 Å². The molecule has 1 aliphatic rings. The van der Waals surface area contributed by atoms with Gasteiger partial charge in [-0.25, -0.2) is 0 Å². The van der Waals surface area contributed by atoms with E-state index in [1.165, 1.54) is 5.56 Å². The van der Waals surface area contributed by atoms with Crippen molar-refractivity contribution in [3.8, 4) is 0 Å². The molecule has 0 radical (unpaired) electrons. The van der Waals surface area contributed by atoms with Gasteiger partial charge < -0.3 is 9.47 Å². The van der Waals surface area contributed by atoms with Crippen molar-refractivity contribution in [3.05, 3.63) is 75.8 Å². The molecule has 0 N–H and O–H groups in total. The Morgan fingerprint density at radius 1 is 1.05 bits per heavy atom. The molecule has 0 aromatic heterocycles. The first-order chi connectivity index (χ1) is 10.7. The van der Waals surface area contributed by atoms with Crippen LogP contribution in [-0.4, -0.2) is 19.3 Å². The lowest BCUT2D eigenvalue weighted by Crippen LogP contribution is -2.02. The second-order valence-corrected chi connectivity index (χ2v) is 5.93. The predicted octanol–water partition coefficient (Wildman–Crippen LogP) is 5.16. The Kier molecular flexibility index (Phi) is 5.16. The Morgan fingerprint density at radius 2 is 1.86 bits per heavy atom. The minimum absolute atomic E-state index is 0.0628. The maximum absolute atomic E-state index is 6.01. The largest absolute Gasteiger partial charge is 0.375 e. The first kappa shape index (κ1) is 15.6. The lowest BCUT2D eigenvalue weighted by atomic mass is 10.1. The number of hydrogen-bond acceptors (Lipinski definition) is 2. The molecule has 0 saturated carbocycles. The Balaban J connectivity index is 1.41. The smallest absolute Gasteiger partial charge is 0.112 e. The minimum Gasteiger partial charge on any atom is -0.375 e. The van der Waals surface area contributed by atoms with Crippen LogP contribution in [0.5, 0.6) is 0 Å². The molecular formula is C18H16Cl2O2. The fourth-order valence-electron chi connectivity index (χ4n) is 2.25. The quantitative estimate of drug-likeness (QED) is 0.537. The normalized spacial score (nSPS) is 20.5. The van der Waals surface area contributed by atoms with Crippen molar-refractivity contribution in [1.82, 2.24) is 0 Å². The van der Waals surface area contributed by atoms with E-state index in [1.807, 2.05) is 42.5 Å². The standard InChI is InChI=1S/C18H16Cl2O2/c19-15-9-8-14(11-16(15)20)18-17(22-18)12-21-10-4-7-13-5-2-1-3-6-13/h1-9,11,17-18H,10,12H2/b7-4+/t17-,18-/m0/s1. The van der Waals surface area contributed by atoms with E-state index in [0.29, 0.717) is 23.3 Å². The van der Waals surface area contributed by atoms with Gasteiger partial charge in [0.15, 0.2) is 0 Å². The maximum Gasteiger partial charge on any atom is 0.112 e. The van der Waals surface area contributed by atoms with Crippen molar-refractivity contribution in [2.45, 2.75) is 12.2 Å². The molecule has 22 heavy (non-hydrogen) atoms. The van der Waals surface area contributed by atoms with Crippen LogP contribution in [0.2, 0.25) is 10.0 Å². The summed E-state index contributed by atoms with van der Waals surface area (Å²) in [6.07, 6.45) is 4.21. The van der Waals surface area contributed by atoms with E-state index >= 15 is 0 Å². The predicted molar refractivity (Wildman–Crippen MR) is 90.4 cm³/mol. The summed E-state index contributed by atoms with van der Waals surface area (Å²) in [6.45, 7) is 1.15. The van der Waals surface area contributed by atoms with Crippen LogP contribution >= 0.6 is 23.2 Å². The van der Waals surface area contributed by atoms with E-state index in [-0.39, 0.29) is 12.2 Å². The second-order valence-electron chi connectivity index (χ2n) is 5.12. The third-order valence-corrected chi connectivity index (χ3v) is 4.20. The molecule has 2 atom stereocenters. The van der Waals surface area contributed by atoms with E-state index in [1.54, 1.807) is 6.07 Å². The average molecular weight is 335 g/mol. The number of hydrogen-bond donors (Lipinski definition) is 0. The zero-order valence-corrected chi connectivity index (χ0v) is 13.4. The minimum atomic E-state index is 0.0628. The SMILES string of the molecule is Clc1ccc([C@@H]2O[C@H]2COC/C=C/c2ccccc2)cc1Cl. The molecule has 0 aliphatic carbocycles. The van der Waals surface area contributed by atoms with Crippen molar-refractivity contribution in [1.29, 1.82) is 0 Å². The molecule has 1 saturated heterocycles. The van der Waals surface area contributed by atoms with Gasteiger partial charge in [-0.05, 0) is 23.3 Å². The first-order valence-corrected chi connectivity index (χ1v) is 7.89. The Morgan fingerprint density at radius 3 is 2.64 bits per heavy atom. The van der Waals surface area contributed by atoms with Crippen LogP contribution in [0, 0.1) is 0 Å². The summed E-state index contributed by atoms with van der Waals surface area (Å²) < 4.78 is 11.2. The Hall–Kier alpha value is -1.32. The molecule has 2 aromatic rings. The van der Waals surface area contributed by atoms with Gasteiger partial charge in [-0.1, -0.05) is 71.8 Å². The number of rotatable bonds is 6. The summed E-state index contributed by atoms with van der Waals surface area (Å²) >= 11 is 11.9. The van der Waals surface area contributed by atoms with Gasteiger partial charge in [0, 0.05) is 0 Å². The molecule has 0 bridgehead atoms. The average Bonchev–Trinajstić information content (AvgIpc) is 3.30. The van der Waals surface area contributed by atoms with Crippen LogP contribution in [0.25, 0.3) is 6.08 Å². The number of epoxide rings is 1. The van der Waals surface area contributed by atoms with Gasteiger partial charge in [-0.2, -0.15) is 0 Å². The van der Waals surface area contributed by atoms with Gasteiger partial charge in [0.05, 0.1) is 23.3 Å². The fourth-order valence-corrected chi connectivity index (χ4v) is 2.56. The van der Waals surface area contributed by atoms with E-state index < -0.39 is 0 Å². The molecule has 2 aromatic carbocycles. The summed E-state index contributed by atoms with van der Waals surface area (Å²) in [5, 5.41) is 1.12. The highest BCUT2D eigenvalue weighted by Gasteiger charge is 2.40. The van der Waals surface area contributed by atoms with E-state index in [2.05, 4.69) is 12.1 Å². The molecule has 1 fully saturated rings. The van der Waals surface area contributed by atoms with E-state index in [4.69, 9.17) is 32.7 Å². The van der Waals surface area contributed by atoms with Crippen LogP contribution < -0.4 is 0 Å². The highest BCUT2D eigenvalue weighted by molar-refractivity contribution is 6.42. The lowest BCUT2D eigenvalue weighted by Gasteiger charge is -2.00. The molecule has 114 valence electrons. The Labute approximate surface area is 140 Å². The van der Waals surface area contributed by atoms with Gasteiger partial charge in [-0.3, -0.25) is 0 Å². The fraction of sp³-hybridized carbons (Fsp3) is 0.222. The van der Waals surface area contributed by atoms with Crippen molar-refractivity contribution in [2.75, 3.05) is 13.2 Å². The summed E-state index contributed by atoms with van der Waals surface area (Å²) in [6, 6.07) is 15.7. The van der Waals surface area contributed by atoms with Crippen LogP contribution in [0.15, 0.2) is 54.6 Å². The molecular weight excluding hydrogens is 319 g/mol. The van der Waals surface area contributed by atoms with Crippen molar-refractivity contribution < 1.29 is 9.47 Å². The molecule has 1 heterocycles. The van der Waals surface area contributed by atoms with Crippen molar-refractivity contribution in [2.24, 2.45) is 0 Å². The summed E-state index contributed by atoms with van der Waals surface area (Å²) in [7, 11) is 0. The second kappa shape index (κ2) is 7.30. The molecule has 1 aliphatic heterocycles. The molecule has 2 nitrogen and oxygen atoms in total. The summed E-state index contributed by atoms with van der Waals surface area (Å²) in [5.41, 5.74) is 2.21. The zero-order chi connectivity index (χ0) is 15.4. The van der Waals surface area contributed by atoms with Crippen LogP contribution in [0.4, 0.5) is 0 Å². The summed E-state index contributed by atoms with van der Waals surface area (Å²) in [5.74, 6) is 0. The molecule has 0 unspecified atom stereocenters. The van der Waals surface area contributed by atoms with Gasteiger partial charge in [-0.15, -0.1) is 0 Å². The molecule has 0 amide bonds. The maximum atomic E-state index is 6.01. The molecule has 0 spiro atoms. The topological polar surface area (TPSA) is 21.8 Å². The summed E-state index contributed by atoms with van der Waals surface area (Å²) in [4.78, 5) is 0. The lowest BCUT2D eigenvalue weighted by molar-refractivity contribution is 0.141. The first-order valence-electron chi connectivity index (χ1n) is 7.14. The zero-order valence-electron chi connectivity index (χ0n) is 11.9. The monoisotopic (exact) mass is 334 g/mol.